The van der Waals surface area contributed by atoms with Gasteiger partial charge >= 0.3 is 0 Å². The summed E-state index contributed by atoms with van der Waals surface area (Å²) in [6.07, 6.45) is 0. The molecule has 5 nitrogen and oxygen atoms in total. The number of rotatable bonds is 11. The maximum Gasteiger partial charge on any atom is 0.240 e. The summed E-state index contributed by atoms with van der Waals surface area (Å²) in [7, 11) is -6.51. The molecule has 0 N–H and O–H groups in total. The molecule has 3 heterocycles. The molecule has 84 heavy (non-hydrogen) atoms. The van der Waals surface area contributed by atoms with Gasteiger partial charge in [-0.05, 0) is 99.8 Å². The third-order valence-corrected chi connectivity index (χ3v) is 26.9. The monoisotopic (exact) mass is 1120 g/mol. The summed E-state index contributed by atoms with van der Waals surface area (Å²) in [5.74, 6) is 1.68. The fourth-order valence-electron chi connectivity index (χ4n) is 13.3. The minimum absolute atomic E-state index is 0.0768. The lowest BCUT2D eigenvalue weighted by Gasteiger charge is -2.38. The van der Waals surface area contributed by atoms with Crippen LogP contribution in [0.2, 0.25) is 0 Å². The summed E-state index contributed by atoms with van der Waals surface area (Å²) in [5.41, 5.74) is 7.43. The molecule has 0 atom stereocenters. The molecule has 0 aliphatic rings. The lowest BCUT2D eigenvalue weighted by molar-refractivity contribution is 0.590. The van der Waals surface area contributed by atoms with Gasteiger partial charge in [0, 0.05) is 27.1 Å². The quantitative estimate of drug-likeness (QED) is 0.0958. The predicted molar refractivity (Wildman–Crippen MR) is 359 cm³/mol. The van der Waals surface area contributed by atoms with E-state index in [0.29, 0.717) is 17.7 Å². The van der Waals surface area contributed by atoms with Gasteiger partial charge in [-0.1, -0.05) is 290 Å². The largest absolute Gasteiger partial charge is 0.278 e. The standard InChI is InChI=1S/C77H65N5Si2/c1-76(2,3)55-45-47-71-67(51-55)68-52-56(77(4,5)6)46-48-72(68)82(71)75-79-73(78-74(80-75)81-69-43-27-25-41-65(69)66-42-26-28-44-70(66)81)54-49-63(83(57-29-13-7-14-30-57,58-31-15-8-16-32-58)59-33-17-9-18-34-59)53-64(50-54)84(60-35-19-10-20-36-60,61-37-21-11-22-38-61)62-39-23-12-24-40-62/h7-53H,1-6H3. The molecule has 0 saturated heterocycles. The Kier molecular flexibility index (Phi) is 13.0. The van der Waals surface area contributed by atoms with Gasteiger partial charge in [0.05, 0.1) is 22.1 Å². The van der Waals surface area contributed by atoms with Crippen LogP contribution in [0.3, 0.4) is 0 Å². The molecule has 0 unspecified atom stereocenters. The molecule has 0 saturated carbocycles. The predicted octanol–water partition coefficient (Wildman–Crippen LogP) is 13.1. The maximum atomic E-state index is 5.90. The molecule has 7 heteroatoms. The van der Waals surface area contributed by atoms with Gasteiger partial charge < -0.3 is 0 Å². The molecular formula is C77H65N5Si2. The Balaban J connectivity index is 1.18. The average molecular weight is 1120 g/mol. The minimum Gasteiger partial charge on any atom is -0.278 e. The average Bonchev–Trinajstić information content (AvgIpc) is 1.42. The molecule has 11 aromatic carbocycles. The molecule has 14 aromatic rings. The Morgan fingerprint density at radius 1 is 0.262 bits per heavy atom. The van der Waals surface area contributed by atoms with E-state index in [1.54, 1.807) is 0 Å². The molecule has 0 aliphatic heterocycles. The Labute approximate surface area is 494 Å². The van der Waals surface area contributed by atoms with Crippen molar-refractivity contribution in [1.29, 1.82) is 0 Å². The maximum absolute atomic E-state index is 5.90. The lowest BCUT2D eigenvalue weighted by Crippen LogP contribution is -2.78. The van der Waals surface area contributed by atoms with Crippen LogP contribution in [0.5, 0.6) is 0 Å². The van der Waals surface area contributed by atoms with Crippen molar-refractivity contribution >= 4 is 101 Å². The highest BCUT2D eigenvalue weighted by molar-refractivity contribution is 7.22. The first-order valence-electron chi connectivity index (χ1n) is 29.3. The van der Waals surface area contributed by atoms with Crippen LogP contribution in [-0.4, -0.2) is 40.2 Å². The Hall–Kier alpha value is -9.54. The summed E-state index contributed by atoms with van der Waals surface area (Å²) in [6, 6.07) is 106. The number of benzene rings is 11. The van der Waals surface area contributed by atoms with Gasteiger partial charge in [-0.15, -0.1) is 0 Å². The Morgan fingerprint density at radius 3 is 0.857 bits per heavy atom. The first-order valence-corrected chi connectivity index (χ1v) is 33.3. The fourth-order valence-corrected chi connectivity index (χ4v) is 23.1. The van der Waals surface area contributed by atoms with Crippen molar-refractivity contribution in [3.63, 3.8) is 0 Å². The third kappa shape index (κ3) is 8.68. The smallest absolute Gasteiger partial charge is 0.240 e. The van der Waals surface area contributed by atoms with E-state index in [9.17, 15) is 0 Å². The van der Waals surface area contributed by atoms with Crippen LogP contribution in [0.4, 0.5) is 0 Å². The fraction of sp³-hybridized carbons (Fsp3) is 0.104. The number of para-hydroxylation sites is 2. The highest BCUT2D eigenvalue weighted by Crippen LogP contribution is 2.38. The first kappa shape index (κ1) is 52.5. The number of nitrogens with zero attached hydrogens (tertiary/aromatic N) is 5. The van der Waals surface area contributed by atoms with Crippen molar-refractivity contribution in [3.8, 4) is 23.3 Å². The van der Waals surface area contributed by atoms with Gasteiger partial charge in [0.25, 0.3) is 0 Å². The van der Waals surface area contributed by atoms with Gasteiger partial charge in [-0.2, -0.15) is 15.0 Å². The van der Waals surface area contributed by atoms with E-state index >= 15 is 0 Å². The Morgan fingerprint density at radius 2 is 0.548 bits per heavy atom. The van der Waals surface area contributed by atoms with Crippen LogP contribution in [0.1, 0.15) is 52.7 Å². The van der Waals surface area contributed by atoms with E-state index in [1.807, 2.05) is 0 Å². The third-order valence-electron chi connectivity index (χ3n) is 17.4. The lowest BCUT2D eigenvalue weighted by atomic mass is 9.85. The van der Waals surface area contributed by atoms with Gasteiger partial charge in [0.2, 0.25) is 11.9 Å². The molecule has 0 amide bonds. The second-order valence-electron chi connectivity index (χ2n) is 24.4. The topological polar surface area (TPSA) is 48.5 Å². The van der Waals surface area contributed by atoms with E-state index in [-0.39, 0.29) is 10.8 Å². The number of hydrogen-bond acceptors (Lipinski definition) is 3. The van der Waals surface area contributed by atoms with Gasteiger partial charge in [-0.25, -0.2) is 0 Å². The van der Waals surface area contributed by atoms with Crippen LogP contribution in [0.25, 0.3) is 66.9 Å². The summed E-state index contributed by atoms with van der Waals surface area (Å²) in [4.78, 5) is 17.5. The summed E-state index contributed by atoms with van der Waals surface area (Å²) in [6.45, 7) is 13.8. The van der Waals surface area contributed by atoms with Crippen LogP contribution in [-0.2, 0) is 10.8 Å². The van der Waals surface area contributed by atoms with Crippen LogP contribution >= 0.6 is 0 Å². The molecule has 0 fully saturated rings. The van der Waals surface area contributed by atoms with Crippen molar-refractivity contribution < 1.29 is 0 Å². The summed E-state index contributed by atoms with van der Waals surface area (Å²) >= 11 is 0. The number of fused-ring (bicyclic) bond motifs is 6. The van der Waals surface area contributed by atoms with Gasteiger partial charge in [-0.3, -0.25) is 9.13 Å². The highest BCUT2D eigenvalue weighted by atomic mass is 28.3. The zero-order chi connectivity index (χ0) is 57.2. The molecule has 0 radical (unpaired) electrons. The zero-order valence-electron chi connectivity index (χ0n) is 48.4. The van der Waals surface area contributed by atoms with Crippen LogP contribution < -0.4 is 41.5 Å². The summed E-state index contributed by atoms with van der Waals surface area (Å²) in [5, 5.41) is 14.8. The normalized spacial score (nSPS) is 12.4. The van der Waals surface area contributed by atoms with Crippen molar-refractivity contribution in [3.05, 3.63) is 296 Å². The van der Waals surface area contributed by atoms with Crippen molar-refractivity contribution in [2.45, 2.75) is 52.4 Å². The van der Waals surface area contributed by atoms with E-state index in [0.717, 1.165) is 38.4 Å². The molecule has 14 rings (SSSR count). The molecule has 0 spiro atoms. The summed E-state index contributed by atoms with van der Waals surface area (Å²) < 4.78 is 4.55. The van der Waals surface area contributed by atoms with Crippen molar-refractivity contribution in [2.24, 2.45) is 0 Å². The second kappa shape index (κ2) is 20.7. The van der Waals surface area contributed by atoms with E-state index < -0.39 is 16.1 Å². The molecule has 3 aromatic heterocycles. The van der Waals surface area contributed by atoms with Gasteiger partial charge in [0.15, 0.2) is 22.0 Å². The van der Waals surface area contributed by atoms with Crippen molar-refractivity contribution in [1.82, 2.24) is 24.1 Å². The molecular weight excluding hydrogens is 1050 g/mol. The van der Waals surface area contributed by atoms with E-state index in [1.165, 1.54) is 63.4 Å². The SMILES string of the molecule is CC(C)(C)c1ccc2c(c1)c1cc(C(C)(C)C)ccc1n2-c1nc(-c2cc([Si](c3ccccc3)(c3ccccc3)c3ccccc3)cc([Si](c3ccccc3)(c3ccccc3)c3ccccc3)c2)nc(-n2c3ccccc3c3ccccc32)n1. The highest BCUT2D eigenvalue weighted by Gasteiger charge is 2.46. The van der Waals surface area contributed by atoms with Crippen LogP contribution in [0.15, 0.2) is 285 Å². The number of hydrogen-bond donors (Lipinski definition) is 0. The Bertz CT molecular complexity index is 4260. The number of aromatic nitrogens is 5. The van der Waals surface area contributed by atoms with Crippen LogP contribution in [0, 0.1) is 0 Å². The first-order chi connectivity index (χ1) is 40.9. The molecule has 0 bridgehead atoms. The van der Waals surface area contributed by atoms with Crippen molar-refractivity contribution in [2.75, 3.05) is 0 Å². The molecule has 0 aliphatic carbocycles. The minimum atomic E-state index is -3.26. The molecule has 406 valence electrons. The second-order valence-corrected chi connectivity index (χ2v) is 32.0. The van der Waals surface area contributed by atoms with E-state index in [4.69, 9.17) is 15.0 Å². The zero-order valence-corrected chi connectivity index (χ0v) is 50.4. The van der Waals surface area contributed by atoms with E-state index in [2.05, 4.69) is 336 Å². The van der Waals surface area contributed by atoms with Gasteiger partial charge in [0.1, 0.15) is 0 Å².